The maximum absolute atomic E-state index is 13.0. The predicted molar refractivity (Wildman–Crippen MR) is 143 cm³/mol. The van der Waals surface area contributed by atoms with Crippen molar-refractivity contribution in [3.8, 4) is 6.01 Å². The third kappa shape index (κ3) is 6.04. The Bertz CT molecular complexity index is 1350. The molecular weight excluding hydrogens is 482 g/mol. The lowest BCUT2D eigenvalue weighted by atomic mass is 9.81. The van der Waals surface area contributed by atoms with E-state index in [4.69, 9.17) is 9.47 Å². The van der Waals surface area contributed by atoms with Gasteiger partial charge in [-0.1, -0.05) is 72.8 Å². The fraction of sp³-hybridized carbons (Fsp3) is 0.200. The van der Waals surface area contributed by atoms with Crippen molar-refractivity contribution in [2.75, 3.05) is 11.9 Å². The van der Waals surface area contributed by atoms with E-state index in [9.17, 15) is 14.7 Å². The first kappa shape index (κ1) is 26.5. The molecule has 0 fully saturated rings. The number of carbonyl (C=O) groups is 2. The van der Waals surface area contributed by atoms with Crippen LogP contribution in [0.25, 0.3) is 0 Å². The molecule has 0 spiro atoms. The molecule has 0 bridgehead atoms. The second-order valence-electron chi connectivity index (χ2n) is 8.94. The second kappa shape index (κ2) is 11.7. The van der Waals surface area contributed by atoms with Crippen LogP contribution in [0.5, 0.6) is 6.01 Å². The van der Waals surface area contributed by atoms with E-state index >= 15 is 0 Å². The van der Waals surface area contributed by atoms with Crippen molar-refractivity contribution in [1.82, 2.24) is 9.97 Å². The molecule has 0 saturated carbocycles. The Morgan fingerprint density at radius 1 is 0.842 bits per heavy atom. The summed E-state index contributed by atoms with van der Waals surface area (Å²) in [6.45, 7) is 5.01. The number of carboxylic acid groups (broad SMARTS) is 1. The third-order valence-electron chi connectivity index (χ3n) is 5.92. The lowest BCUT2D eigenvalue weighted by molar-refractivity contribution is -0.166. The van der Waals surface area contributed by atoms with Gasteiger partial charge >= 0.3 is 12.0 Å². The Hall–Kier alpha value is -4.56. The van der Waals surface area contributed by atoms with E-state index in [2.05, 4.69) is 15.3 Å². The maximum atomic E-state index is 13.0. The number of hydrogen-bond acceptors (Lipinski definition) is 6. The van der Waals surface area contributed by atoms with Crippen molar-refractivity contribution in [3.63, 3.8) is 0 Å². The van der Waals surface area contributed by atoms with Gasteiger partial charge in [-0.15, -0.1) is 0 Å². The third-order valence-corrected chi connectivity index (χ3v) is 5.92. The SMILES string of the molecule is Cc1cccc(NC(=O)COC(c2ccccc2)(c2ccccc2)C(Oc2nc(C)cc(C)n2)C(=O)O)c1. The Kier molecular flexibility index (Phi) is 8.13. The normalized spacial score (nSPS) is 12.0. The molecule has 2 N–H and O–H groups in total. The summed E-state index contributed by atoms with van der Waals surface area (Å²) >= 11 is 0. The van der Waals surface area contributed by atoms with Crippen LogP contribution in [0.1, 0.15) is 28.1 Å². The van der Waals surface area contributed by atoms with Crippen molar-refractivity contribution < 1.29 is 24.2 Å². The number of hydrogen-bond donors (Lipinski definition) is 2. The lowest BCUT2D eigenvalue weighted by Gasteiger charge is -2.38. The van der Waals surface area contributed by atoms with Crippen LogP contribution in [-0.2, 0) is 19.9 Å². The Morgan fingerprint density at radius 3 is 1.95 bits per heavy atom. The first-order chi connectivity index (χ1) is 18.3. The molecule has 0 radical (unpaired) electrons. The van der Waals surface area contributed by atoms with E-state index in [0.717, 1.165) is 5.56 Å². The van der Waals surface area contributed by atoms with Gasteiger partial charge in [0.25, 0.3) is 0 Å². The van der Waals surface area contributed by atoms with Crippen molar-refractivity contribution >= 4 is 17.6 Å². The summed E-state index contributed by atoms with van der Waals surface area (Å²) in [5.74, 6) is -1.75. The number of benzene rings is 3. The van der Waals surface area contributed by atoms with E-state index in [1.165, 1.54) is 0 Å². The summed E-state index contributed by atoms with van der Waals surface area (Å²) in [7, 11) is 0. The Morgan fingerprint density at radius 2 is 1.42 bits per heavy atom. The highest BCUT2D eigenvalue weighted by atomic mass is 16.6. The van der Waals surface area contributed by atoms with Gasteiger partial charge in [0.05, 0.1) is 0 Å². The molecule has 4 rings (SSSR count). The number of nitrogens with zero attached hydrogens (tertiary/aromatic N) is 2. The zero-order valence-electron chi connectivity index (χ0n) is 21.4. The fourth-order valence-electron chi connectivity index (χ4n) is 4.34. The molecule has 1 amide bonds. The van der Waals surface area contributed by atoms with Gasteiger partial charge in [-0.25, -0.2) is 14.8 Å². The van der Waals surface area contributed by atoms with Gasteiger partial charge in [0.2, 0.25) is 12.0 Å². The van der Waals surface area contributed by atoms with Crippen molar-refractivity contribution in [3.05, 3.63) is 119 Å². The molecule has 8 nitrogen and oxygen atoms in total. The average Bonchev–Trinajstić information content (AvgIpc) is 2.89. The molecule has 8 heteroatoms. The van der Waals surface area contributed by atoms with Crippen molar-refractivity contribution in [1.29, 1.82) is 0 Å². The summed E-state index contributed by atoms with van der Waals surface area (Å²) in [4.78, 5) is 34.5. The van der Waals surface area contributed by atoms with Gasteiger partial charge in [-0.2, -0.15) is 0 Å². The van der Waals surface area contributed by atoms with Crippen molar-refractivity contribution in [2.45, 2.75) is 32.5 Å². The van der Waals surface area contributed by atoms with Crippen LogP contribution in [0.4, 0.5) is 5.69 Å². The minimum Gasteiger partial charge on any atom is -0.478 e. The highest BCUT2D eigenvalue weighted by Crippen LogP contribution is 2.39. The number of nitrogens with one attached hydrogen (secondary N) is 1. The molecule has 0 aliphatic rings. The topological polar surface area (TPSA) is 111 Å². The number of amides is 1. The molecule has 38 heavy (non-hydrogen) atoms. The Balaban J connectivity index is 1.80. The first-order valence-electron chi connectivity index (χ1n) is 12.1. The number of anilines is 1. The zero-order chi connectivity index (χ0) is 27.1. The number of aryl methyl sites for hydroxylation is 3. The molecule has 0 aliphatic carbocycles. The van der Waals surface area contributed by atoms with Crippen LogP contribution in [0.15, 0.2) is 91.0 Å². The van der Waals surface area contributed by atoms with E-state index in [0.29, 0.717) is 28.2 Å². The van der Waals surface area contributed by atoms with E-state index < -0.39 is 30.2 Å². The predicted octanol–water partition coefficient (Wildman–Crippen LogP) is 4.83. The van der Waals surface area contributed by atoms with Crippen LogP contribution in [-0.4, -0.2) is 39.7 Å². The van der Waals surface area contributed by atoms with Gasteiger partial charge in [-0.05, 0) is 55.7 Å². The highest BCUT2D eigenvalue weighted by Gasteiger charge is 2.50. The number of aliphatic carboxylic acids is 1. The highest BCUT2D eigenvalue weighted by molar-refractivity contribution is 5.91. The summed E-state index contributed by atoms with van der Waals surface area (Å²) in [6, 6.07) is 26.7. The molecule has 1 heterocycles. The minimum absolute atomic E-state index is 0.0982. The van der Waals surface area contributed by atoms with Crippen LogP contribution >= 0.6 is 0 Å². The fourth-order valence-corrected chi connectivity index (χ4v) is 4.34. The van der Waals surface area contributed by atoms with Crippen LogP contribution in [0.2, 0.25) is 0 Å². The largest absolute Gasteiger partial charge is 0.478 e. The molecule has 194 valence electrons. The molecule has 3 aromatic carbocycles. The van der Waals surface area contributed by atoms with Gasteiger partial charge < -0.3 is 19.9 Å². The monoisotopic (exact) mass is 511 g/mol. The number of ether oxygens (including phenoxy) is 2. The van der Waals surface area contributed by atoms with E-state index in [1.54, 1.807) is 74.5 Å². The Labute approximate surface area is 221 Å². The number of carboxylic acids is 1. The van der Waals surface area contributed by atoms with Crippen LogP contribution in [0.3, 0.4) is 0 Å². The zero-order valence-corrected chi connectivity index (χ0v) is 21.4. The number of aromatic nitrogens is 2. The van der Waals surface area contributed by atoms with E-state index in [-0.39, 0.29) is 6.01 Å². The number of carbonyl (C=O) groups excluding carboxylic acids is 1. The first-order valence-corrected chi connectivity index (χ1v) is 12.1. The molecule has 4 aromatic rings. The van der Waals surface area contributed by atoms with Crippen molar-refractivity contribution in [2.24, 2.45) is 0 Å². The standard InChI is InChI=1S/C30H29N3O5/c1-20-11-10-16-25(17-20)33-26(34)19-37-30(23-12-6-4-7-13-23,24-14-8-5-9-15-24)27(28(35)36)38-29-31-21(2)18-22(3)32-29/h4-18,27H,19H2,1-3H3,(H,33,34)(H,35,36). The lowest BCUT2D eigenvalue weighted by Crippen LogP contribution is -2.52. The van der Waals surface area contributed by atoms with Gasteiger partial charge in [-0.3, -0.25) is 4.79 Å². The summed E-state index contributed by atoms with van der Waals surface area (Å²) in [5, 5.41) is 13.3. The molecular formula is C30H29N3O5. The smallest absolute Gasteiger partial charge is 0.348 e. The maximum Gasteiger partial charge on any atom is 0.348 e. The van der Waals surface area contributed by atoms with Gasteiger partial charge in [0.15, 0.2) is 5.60 Å². The average molecular weight is 512 g/mol. The molecule has 1 unspecified atom stereocenters. The molecule has 0 aliphatic heterocycles. The number of rotatable bonds is 10. The summed E-state index contributed by atoms with van der Waals surface area (Å²) < 4.78 is 12.3. The summed E-state index contributed by atoms with van der Waals surface area (Å²) in [5.41, 5.74) is 2.11. The van der Waals surface area contributed by atoms with Crippen LogP contribution < -0.4 is 10.1 Å². The van der Waals surface area contributed by atoms with Gasteiger partial charge in [0, 0.05) is 17.1 Å². The molecule has 1 atom stereocenters. The molecule has 1 aromatic heterocycles. The summed E-state index contributed by atoms with van der Waals surface area (Å²) in [6.07, 6.45) is -1.64. The molecule has 0 saturated heterocycles. The quantitative estimate of drug-likeness (QED) is 0.314. The van der Waals surface area contributed by atoms with Crippen LogP contribution in [0, 0.1) is 20.8 Å². The minimum atomic E-state index is -1.72. The van der Waals surface area contributed by atoms with Gasteiger partial charge in [0.1, 0.15) is 6.61 Å². The second-order valence-corrected chi connectivity index (χ2v) is 8.94. The van der Waals surface area contributed by atoms with E-state index in [1.807, 2.05) is 37.3 Å².